The molecule has 25 heavy (non-hydrogen) atoms. The third kappa shape index (κ3) is 3.80. The molecule has 0 amide bonds. The van der Waals surface area contributed by atoms with Gasteiger partial charge in [-0.2, -0.15) is 13.2 Å². The first-order valence-electron chi connectivity index (χ1n) is 7.40. The van der Waals surface area contributed by atoms with Gasteiger partial charge in [-0.1, -0.05) is 23.7 Å². The Balaban J connectivity index is 1.74. The molecular weight excluding hydrogens is 381 g/mol. The number of aromatic nitrogens is 3. The molecule has 0 unspecified atom stereocenters. The molecule has 1 N–H and O–H groups in total. The molecule has 1 aliphatic heterocycles. The molecule has 0 fully saturated rings. The Morgan fingerprint density at radius 1 is 1.28 bits per heavy atom. The third-order valence-electron chi connectivity index (χ3n) is 4.04. The van der Waals surface area contributed by atoms with Crippen molar-refractivity contribution < 1.29 is 21.6 Å². The summed E-state index contributed by atoms with van der Waals surface area (Å²) in [6.07, 6.45) is -4.62. The van der Waals surface area contributed by atoms with Crippen LogP contribution in [0.3, 0.4) is 0 Å². The highest BCUT2D eigenvalue weighted by atomic mass is 35.5. The lowest BCUT2D eigenvalue weighted by molar-refractivity contribution is -0.179. The third-order valence-corrected chi connectivity index (χ3v) is 5.94. The zero-order valence-corrected chi connectivity index (χ0v) is 14.4. The minimum absolute atomic E-state index is 0.0753. The summed E-state index contributed by atoms with van der Waals surface area (Å²) in [5.74, 6) is -0.969. The fourth-order valence-electron chi connectivity index (χ4n) is 2.70. The van der Waals surface area contributed by atoms with Gasteiger partial charge in [0.1, 0.15) is 16.5 Å². The number of alkyl halides is 3. The molecule has 1 aromatic carbocycles. The fourth-order valence-corrected chi connectivity index (χ4v) is 4.20. The van der Waals surface area contributed by atoms with Gasteiger partial charge in [0.15, 0.2) is 0 Å². The number of sulfonamides is 1. The maximum absolute atomic E-state index is 12.8. The minimum Gasteiger partial charge on any atom is -0.314 e. The second-order valence-corrected chi connectivity index (χ2v) is 7.81. The lowest BCUT2D eigenvalue weighted by Gasteiger charge is -2.25. The van der Waals surface area contributed by atoms with E-state index in [1.807, 2.05) is 0 Å². The number of nitrogens with zero attached hydrogens (tertiary/aromatic N) is 3. The molecule has 3 rings (SSSR count). The van der Waals surface area contributed by atoms with E-state index in [0.29, 0.717) is 0 Å². The summed E-state index contributed by atoms with van der Waals surface area (Å²) in [6.45, 7) is -0.0904. The van der Waals surface area contributed by atoms with Crippen LogP contribution in [0.15, 0.2) is 29.2 Å². The van der Waals surface area contributed by atoms with Crippen LogP contribution >= 0.6 is 11.6 Å². The van der Waals surface area contributed by atoms with Gasteiger partial charge in [-0.3, -0.25) is 0 Å². The van der Waals surface area contributed by atoms with Crippen molar-refractivity contribution in [1.29, 1.82) is 0 Å². The van der Waals surface area contributed by atoms with Crippen molar-refractivity contribution in [3.63, 3.8) is 0 Å². The van der Waals surface area contributed by atoms with Gasteiger partial charge in [-0.25, -0.2) is 13.1 Å². The Morgan fingerprint density at radius 2 is 2.00 bits per heavy atom. The van der Waals surface area contributed by atoms with Crippen molar-refractivity contribution in [3.05, 3.63) is 40.9 Å². The Morgan fingerprint density at radius 3 is 2.68 bits per heavy atom. The molecule has 0 radical (unpaired) electrons. The number of benzene rings is 1. The lowest BCUT2D eigenvalue weighted by atomic mass is 9.97. The number of fused-ring (bicyclic) bond motifs is 1. The average molecular weight is 395 g/mol. The van der Waals surface area contributed by atoms with Crippen LogP contribution in [0.4, 0.5) is 13.2 Å². The van der Waals surface area contributed by atoms with Gasteiger partial charge in [0.25, 0.3) is 0 Å². The topological polar surface area (TPSA) is 76.9 Å². The van der Waals surface area contributed by atoms with Gasteiger partial charge in [0.2, 0.25) is 10.0 Å². The Bertz CT molecular complexity index is 882. The Hall–Kier alpha value is -1.65. The van der Waals surface area contributed by atoms with Crippen LogP contribution < -0.4 is 4.72 Å². The first-order valence-corrected chi connectivity index (χ1v) is 9.26. The molecular formula is C14H14ClF3N4O2S. The van der Waals surface area contributed by atoms with E-state index in [4.69, 9.17) is 11.6 Å². The molecule has 2 aromatic rings. The van der Waals surface area contributed by atoms with Gasteiger partial charge in [-0.15, -0.1) is 10.2 Å². The van der Waals surface area contributed by atoms with Crippen molar-refractivity contribution >= 4 is 21.6 Å². The van der Waals surface area contributed by atoms with Gasteiger partial charge < -0.3 is 4.57 Å². The summed E-state index contributed by atoms with van der Waals surface area (Å²) in [7, 11) is -3.87. The molecule has 0 bridgehead atoms. The summed E-state index contributed by atoms with van der Waals surface area (Å²) in [5.41, 5.74) is 0. The monoisotopic (exact) mass is 394 g/mol. The predicted molar refractivity (Wildman–Crippen MR) is 83.4 cm³/mol. The van der Waals surface area contributed by atoms with Crippen LogP contribution in [0.1, 0.15) is 18.1 Å². The summed E-state index contributed by atoms with van der Waals surface area (Å²) < 4.78 is 66.9. The Kier molecular flexibility index (Phi) is 4.78. The summed E-state index contributed by atoms with van der Waals surface area (Å²) in [4.78, 5) is -0.0767. The second kappa shape index (κ2) is 6.58. The average Bonchev–Trinajstić information content (AvgIpc) is 2.95. The summed E-state index contributed by atoms with van der Waals surface area (Å²) in [6, 6.07) is 5.95. The van der Waals surface area contributed by atoms with E-state index in [-0.39, 0.29) is 47.5 Å². The number of rotatable bonds is 4. The first-order chi connectivity index (χ1) is 11.7. The van der Waals surface area contributed by atoms with Crippen molar-refractivity contribution in [2.75, 3.05) is 0 Å². The smallest absolute Gasteiger partial charge is 0.314 e. The highest BCUT2D eigenvalue weighted by Crippen LogP contribution is 2.34. The number of hydrogen-bond donors (Lipinski definition) is 1. The summed E-state index contributed by atoms with van der Waals surface area (Å²) in [5, 5.41) is 7.66. The molecule has 0 saturated heterocycles. The van der Waals surface area contributed by atoms with E-state index >= 15 is 0 Å². The molecule has 0 saturated carbocycles. The standard InChI is InChI=1S/C14H14ClF3N4O2S/c15-10-3-1-2-4-11(10)25(23,24)19-8-13-21-20-12-7-9(14(16,17)18)5-6-22(12)13/h1-4,9,19H,5-8H2/t9-/m1/s1. The number of nitrogens with one attached hydrogen (secondary N) is 1. The summed E-state index contributed by atoms with van der Waals surface area (Å²) >= 11 is 5.88. The predicted octanol–water partition coefficient (Wildman–Crippen LogP) is 2.53. The SMILES string of the molecule is O=S(=O)(NCc1nnc2n1CC[C@@H](C(F)(F)F)C2)c1ccccc1Cl. The molecule has 0 spiro atoms. The molecule has 2 heterocycles. The van der Waals surface area contributed by atoms with Crippen molar-refractivity contribution in [3.8, 4) is 0 Å². The lowest BCUT2D eigenvalue weighted by Crippen LogP contribution is -2.32. The van der Waals surface area contributed by atoms with E-state index < -0.39 is 22.1 Å². The van der Waals surface area contributed by atoms with E-state index in [1.54, 1.807) is 6.07 Å². The normalized spacial score (nSPS) is 18.2. The largest absolute Gasteiger partial charge is 0.392 e. The maximum Gasteiger partial charge on any atom is 0.392 e. The molecule has 1 aliphatic rings. The fraction of sp³-hybridized carbons (Fsp3) is 0.429. The second-order valence-electron chi connectivity index (χ2n) is 5.67. The molecule has 0 aliphatic carbocycles. The van der Waals surface area contributed by atoms with Crippen molar-refractivity contribution in [2.24, 2.45) is 5.92 Å². The van der Waals surface area contributed by atoms with E-state index in [2.05, 4.69) is 14.9 Å². The molecule has 136 valence electrons. The number of hydrogen-bond acceptors (Lipinski definition) is 4. The van der Waals surface area contributed by atoms with Gasteiger partial charge in [0.05, 0.1) is 17.5 Å². The molecule has 11 heteroatoms. The Labute approximate surface area is 147 Å². The van der Waals surface area contributed by atoms with Crippen LogP contribution in [0.25, 0.3) is 0 Å². The van der Waals surface area contributed by atoms with Crippen molar-refractivity contribution in [1.82, 2.24) is 19.5 Å². The zero-order chi connectivity index (χ0) is 18.2. The maximum atomic E-state index is 12.8. The highest BCUT2D eigenvalue weighted by Gasteiger charge is 2.42. The van der Waals surface area contributed by atoms with Crippen LogP contribution in [-0.4, -0.2) is 29.4 Å². The zero-order valence-electron chi connectivity index (χ0n) is 12.8. The first kappa shape index (κ1) is 18.2. The van der Waals surface area contributed by atoms with E-state index in [0.717, 1.165) is 0 Å². The van der Waals surface area contributed by atoms with Crippen LogP contribution in [0, 0.1) is 5.92 Å². The van der Waals surface area contributed by atoms with E-state index in [1.165, 1.54) is 22.8 Å². The van der Waals surface area contributed by atoms with Gasteiger partial charge in [-0.05, 0) is 18.6 Å². The molecule has 1 aromatic heterocycles. The van der Waals surface area contributed by atoms with Crippen LogP contribution in [0.2, 0.25) is 5.02 Å². The molecule has 1 atom stereocenters. The minimum atomic E-state index is -4.27. The van der Waals surface area contributed by atoms with Crippen molar-refractivity contribution in [2.45, 2.75) is 37.0 Å². The van der Waals surface area contributed by atoms with E-state index in [9.17, 15) is 21.6 Å². The highest BCUT2D eigenvalue weighted by molar-refractivity contribution is 7.89. The quantitative estimate of drug-likeness (QED) is 0.864. The van der Waals surface area contributed by atoms with Crippen LogP contribution in [-0.2, 0) is 29.5 Å². The van der Waals surface area contributed by atoms with Gasteiger partial charge >= 0.3 is 6.18 Å². The van der Waals surface area contributed by atoms with Crippen LogP contribution in [0.5, 0.6) is 0 Å². The number of halogens is 4. The van der Waals surface area contributed by atoms with Gasteiger partial charge in [0, 0.05) is 13.0 Å². The molecule has 6 nitrogen and oxygen atoms in total.